The first-order valence-electron chi connectivity index (χ1n) is 8.95. The first-order chi connectivity index (χ1) is 12.8. The molecule has 1 heterocycles. The summed E-state index contributed by atoms with van der Waals surface area (Å²) < 4.78 is 37.5. The zero-order valence-corrected chi connectivity index (χ0v) is 18.3. The van der Waals surface area contributed by atoms with Crippen LogP contribution in [0.2, 0.25) is 0 Å². The highest BCUT2D eigenvalue weighted by molar-refractivity contribution is 14.0. The lowest BCUT2D eigenvalue weighted by Crippen LogP contribution is -2.45. The van der Waals surface area contributed by atoms with E-state index in [0.29, 0.717) is 44.1 Å². The van der Waals surface area contributed by atoms with Crippen molar-refractivity contribution in [1.29, 1.82) is 0 Å². The second-order valence-electron chi connectivity index (χ2n) is 6.45. The van der Waals surface area contributed by atoms with Crippen LogP contribution in [-0.4, -0.2) is 62.2 Å². The Kier molecular flexibility index (Phi) is 10.0. The van der Waals surface area contributed by atoms with Crippen LogP contribution in [0.25, 0.3) is 0 Å². The number of hydrogen-bond acceptors (Lipinski definition) is 3. The zero-order valence-electron chi connectivity index (χ0n) is 16.0. The van der Waals surface area contributed by atoms with Gasteiger partial charge in [-0.25, -0.2) is 4.99 Å². The molecule has 1 aliphatic heterocycles. The molecule has 1 aromatic rings. The van der Waals surface area contributed by atoms with Crippen molar-refractivity contribution in [3.8, 4) is 0 Å². The van der Waals surface area contributed by atoms with E-state index in [1.165, 1.54) is 4.90 Å². The monoisotopic (exact) mass is 513 g/mol. The number of alkyl halides is 3. The van der Waals surface area contributed by atoms with Crippen molar-refractivity contribution >= 4 is 35.8 Å². The van der Waals surface area contributed by atoms with Gasteiger partial charge in [0.25, 0.3) is 5.91 Å². The van der Waals surface area contributed by atoms with E-state index < -0.39 is 12.7 Å². The quantitative estimate of drug-likeness (QED) is 0.311. The molecule has 1 amide bonds. The molecule has 0 aliphatic carbocycles. The molecule has 2 rings (SSSR count). The Morgan fingerprint density at radius 2 is 2.11 bits per heavy atom. The summed E-state index contributed by atoms with van der Waals surface area (Å²) in [6.45, 7) is 2.78. The van der Waals surface area contributed by atoms with E-state index in [1.54, 1.807) is 25.2 Å². The molecule has 0 saturated carbocycles. The molecule has 3 N–H and O–H groups in total. The van der Waals surface area contributed by atoms with Crippen LogP contribution in [-0.2, 0) is 6.54 Å². The second kappa shape index (κ2) is 11.4. The maximum atomic E-state index is 12.5. The number of halogens is 4. The number of carbonyl (C=O) groups is 1. The lowest BCUT2D eigenvalue weighted by Gasteiger charge is -2.19. The third-order valence-electron chi connectivity index (χ3n) is 4.20. The van der Waals surface area contributed by atoms with Gasteiger partial charge in [0.2, 0.25) is 0 Å². The van der Waals surface area contributed by atoms with Crippen LogP contribution < -0.4 is 16.0 Å². The number of carbonyl (C=O) groups excluding carboxylic acids is 1. The van der Waals surface area contributed by atoms with Gasteiger partial charge < -0.3 is 16.0 Å². The van der Waals surface area contributed by atoms with Gasteiger partial charge in [-0.1, -0.05) is 12.1 Å². The van der Waals surface area contributed by atoms with Crippen molar-refractivity contribution in [1.82, 2.24) is 20.9 Å². The first kappa shape index (κ1) is 24.5. The van der Waals surface area contributed by atoms with Gasteiger partial charge in [-0.2, -0.15) is 13.2 Å². The normalized spacial score (nSPS) is 17.8. The number of likely N-dealkylation sites (tertiary alicyclic amines) is 1. The number of nitrogens with one attached hydrogen (secondary N) is 3. The van der Waals surface area contributed by atoms with Gasteiger partial charge in [0, 0.05) is 38.3 Å². The number of benzene rings is 1. The number of rotatable bonds is 6. The predicted molar refractivity (Wildman–Crippen MR) is 114 cm³/mol. The van der Waals surface area contributed by atoms with Gasteiger partial charge in [-0.3, -0.25) is 9.69 Å². The van der Waals surface area contributed by atoms with Crippen molar-refractivity contribution in [2.45, 2.75) is 32.1 Å². The molecule has 158 valence electrons. The molecule has 1 aromatic carbocycles. The molecule has 0 aromatic heterocycles. The minimum absolute atomic E-state index is 0. The van der Waals surface area contributed by atoms with Crippen molar-refractivity contribution in [2.24, 2.45) is 4.99 Å². The van der Waals surface area contributed by atoms with Crippen LogP contribution in [0.1, 0.15) is 29.3 Å². The number of amides is 1. The average Bonchev–Trinajstić information content (AvgIpc) is 3.04. The van der Waals surface area contributed by atoms with Crippen LogP contribution in [0, 0.1) is 0 Å². The van der Waals surface area contributed by atoms with Crippen LogP contribution in [0.15, 0.2) is 29.3 Å². The van der Waals surface area contributed by atoms with Crippen LogP contribution in [0.4, 0.5) is 13.2 Å². The van der Waals surface area contributed by atoms with E-state index >= 15 is 0 Å². The van der Waals surface area contributed by atoms with Crippen molar-refractivity contribution in [3.05, 3.63) is 35.4 Å². The maximum absolute atomic E-state index is 12.5. The summed E-state index contributed by atoms with van der Waals surface area (Å²) in [5, 5.41) is 8.89. The van der Waals surface area contributed by atoms with E-state index in [9.17, 15) is 18.0 Å². The summed E-state index contributed by atoms with van der Waals surface area (Å²) in [5.74, 6) is 0.392. The third-order valence-corrected chi connectivity index (χ3v) is 4.20. The molecule has 6 nitrogen and oxygen atoms in total. The standard InChI is InChI=1S/C18H26F3N5O.HI/c1-3-23-17(25-15-7-8-26(11-15)12-18(19,20)21)24-10-13-5-4-6-14(9-13)16(27)22-2;/h4-6,9,15H,3,7-8,10-12H2,1-2H3,(H,22,27)(H2,23,24,25);1H. The second-order valence-corrected chi connectivity index (χ2v) is 6.45. The van der Waals surface area contributed by atoms with E-state index in [0.717, 1.165) is 5.56 Å². The lowest BCUT2D eigenvalue weighted by atomic mass is 10.1. The fraction of sp³-hybridized carbons (Fsp3) is 0.556. The van der Waals surface area contributed by atoms with Gasteiger partial charge in [-0.15, -0.1) is 24.0 Å². The molecule has 0 radical (unpaired) electrons. The van der Waals surface area contributed by atoms with Crippen molar-refractivity contribution in [2.75, 3.05) is 33.2 Å². The van der Waals surface area contributed by atoms with Crippen LogP contribution in [0.3, 0.4) is 0 Å². The van der Waals surface area contributed by atoms with Gasteiger partial charge in [0.05, 0.1) is 13.1 Å². The van der Waals surface area contributed by atoms with Gasteiger partial charge in [-0.05, 0) is 31.0 Å². The molecule has 28 heavy (non-hydrogen) atoms. The fourth-order valence-corrected chi connectivity index (χ4v) is 2.99. The van der Waals surface area contributed by atoms with E-state index in [2.05, 4.69) is 20.9 Å². The molecule has 0 spiro atoms. The Morgan fingerprint density at radius 1 is 1.36 bits per heavy atom. The van der Waals surface area contributed by atoms with Crippen molar-refractivity contribution in [3.63, 3.8) is 0 Å². The summed E-state index contributed by atoms with van der Waals surface area (Å²) in [6, 6.07) is 7.08. The summed E-state index contributed by atoms with van der Waals surface area (Å²) in [6.07, 6.45) is -3.55. The highest BCUT2D eigenvalue weighted by Gasteiger charge is 2.34. The molecule has 1 unspecified atom stereocenters. The molecular formula is C18H27F3IN5O. The Balaban J connectivity index is 0.00000392. The minimum Gasteiger partial charge on any atom is -0.357 e. The first-order valence-corrected chi connectivity index (χ1v) is 8.95. The summed E-state index contributed by atoms with van der Waals surface area (Å²) in [5.41, 5.74) is 1.43. The molecule has 1 aliphatic rings. The summed E-state index contributed by atoms with van der Waals surface area (Å²) in [4.78, 5) is 17.6. The third kappa shape index (κ3) is 8.21. The molecule has 1 atom stereocenters. The number of nitrogens with zero attached hydrogens (tertiary/aromatic N) is 2. The molecular weight excluding hydrogens is 486 g/mol. The maximum Gasteiger partial charge on any atom is 0.401 e. The Labute approximate surface area is 180 Å². The zero-order chi connectivity index (χ0) is 19.9. The summed E-state index contributed by atoms with van der Waals surface area (Å²) in [7, 11) is 1.57. The topological polar surface area (TPSA) is 68.8 Å². The lowest BCUT2D eigenvalue weighted by molar-refractivity contribution is -0.143. The highest BCUT2D eigenvalue weighted by Crippen LogP contribution is 2.19. The number of aliphatic imine (C=N–C) groups is 1. The molecule has 10 heteroatoms. The van der Waals surface area contributed by atoms with Gasteiger partial charge >= 0.3 is 6.18 Å². The Morgan fingerprint density at radius 3 is 2.75 bits per heavy atom. The Hall–Kier alpha value is -1.56. The average molecular weight is 513 g/mol. The van der Waals surface area contributed by atoms with Crippen LogP contribution >= 0.6 is 24.0 Å². The smallest absolute Gasteiger partial charge is 0.357 e. The van der Waals surface area contributed by atoms with Gasteiger partial charge in [0.15, 0.2) is 5.96 Å². The largest absolute Gasteiger partial charge is 0.401 e. The fourth-order valence-electron chi connectivity index (χ4n) is 2.99. The highest BCUT2D eigenvalue weighted by atomic mass is 127. The minimum atomic E-state index is -4.18. The van der Waals surface area contributed by atoms with Crippen LogP contribution in [0.5, 0.6) is 0 Å². The molecule has 1 fully saturated rings. The van der Waals surface area contributed by atoms with E-state index in [1.807, 2.05) is 13.0 Å². The predicted octanol–water partition coefficient (Wildman–Crippen LogP) is 2.36. The SMILES string of the molecule is CCNC(=NCc1cccc(C(=O)NC)c1)NC1CCN(CC(F)(F)F)C1.I. The van der Waals surface area contributed by atoms with Crippen molar-refractivity contribution < 1.29 is 18.0 Å². The molecule has 1 saturated heterocycles. The number of guanidine groups is 1. The summed E-state index contributed by atoms with van der Waals surface area (Å²) >= 11 is 0. The van der Waals surface area contributed by atoms with E-state index in [4.69, 9.17) is 0 Å². The molecule has 0 bridgehead atoms. The van der Waals surface area contributed by atoms with E-state index in [-0.39, 0.29) is 35.9 Å². The number of hydrogen-bond donors (Lipinski definition) is 3. The Bertz CT molecular complexity index is 669. The van der Waals surface area contributed by atoms with Gasteiger partial charge in [0.1, 0.15) is 0 Å².